The maximum absolute atomic E-state index is 10.1. The summed E-state index contributed by atoms with van der Waals surface area (Å²) in [6.45, 7) is 3.20. The van der Waals surface area contributed by atoms with Gasteiger partial charge < -0.3 is 11.2 Å². The van der Waals surface area contributed by atoms with Gasteiger partial charge in [0.2, 0.25) is 5.91 Å². The van der Waals surface area contributed by atoms with Crippen molar-refractivity contribution in [2.45, 2.75) is 6.92 Å². The molecule has 0 aliphatic carbocycles. The predicted octanol–water partition coefficient (Wildman–Crippen LogP) is -0.980. The van der Waals surface area contributed by atoms with Crippen LogP contribution < -0.4 is 5.73 Å². The summed E-state index contributed by atoms with van der Waals surface area (Å²) < 4.78 is 0. The molecule has 0 bridgehead atoms. The fourth-order valence-corrected chi connectivity index (χ4v) is 0.378. The van der Waals surface area contributed by atoms with Crippen molar-refractivity contribution in [2.75, 3.05) is 20.1 Å². The third-order valence-electron chi connectivity index (χ3n) is 0.966. The first kappa shape index (κ1) is 16.3. The number of likely N-dealkylation sites (N-methyl/N-ethyl adjacent to an activating group) is 1. The molecular formula is C5H15ClN2O2. The molecule has 0 aromatic heterocycles. The Kier molecular flexibility index (Phi) is 14.2. The first-order chi connectivity index (χ1) is 3.66. The fourth-order valence-electron chi connectivity index (χ4n) is 0.378. The highest BCUT2D eigenvalue weighted by Crippen LogP contribution is 1.75. The number of amides is 1. The van der Waals surface area contributed by atoms with Gasteiger partial charge in [0.15, 0.2) is 0 Å². The van der Waals surface area contributed by atoms with Gasteiger partial charge in [-0.3, -0.25) is 9.69 Å². The van der Waals surface area contributed by atoms with Crippen LogP contribution in [0, 0.1) is 0 Å². The van der Waals surface area contributed by atoms with Crippen LogP contribution in [0.3, 0.4) is 0 Å². The van der Waals surface area contributed by atoms with Gasteiger partial charge in [-0.05, 0) is 13.6 Å². The van der Waals surface area contributed by atoms with E-state index in [-0.39, 0.29) is 23.8 Å². The van der Waals surface area contributed by atoms with E-state index < -0.39 is 0 Å². The van der Waals surface area contributed by atoms with Crippen molar-refractivity contribution < 1.29 is 10.3 Å². The molecular weight excluding hydrogens is 156 g/mol. The van der Waals surface area contributed by atoms with Gasteiger partial charge in [-0.1, -0.05) is 6.92 Å². The Bertz CT molecular complexity index is 89.7. The maximum atomic E-state index is 10.1. The Morgan fingerprint density at radius 1 is 1.60 bits per heavy atom. The van der Waals surface area contributed by atoms with Crippen molar-refractivity contribution in [1.29, 1.82) is 0 Å². The maximum Gasteiger partial charge on any atom is 0.231 e. The molecule has 0 heterocycles. The Labute approximate surface area is 67.1 Å². The second kappa shape index (κ2) is 8.68. The molecule has 1 amide bonds. The Morgan fingerprint density at radius 2 is 2.00 bits per heavy atom. The molecule has 0 aromatic rings. The number of hydrogen-bond donors (Lipinski definition) is 1. The standard InChI is InChI=1S/C5H12N2O.ClH.H2O/c1-3-7(2)4-5(6)8;;/h3-4H2,1-2H3,(H2,6,8);1H;1H2. The quantitative estimate of drug-likeness (QED) is 0.591. The van der Waals surface area contributed by atoms with Crippen LogP contribution in [0.2, 0.25) is 0 Å². The molecule has 4 nitrogen and oxygen atoms in total. The summed E-state index contributed by atoms with van der Waals surface area (Å²) in [6, 6.07) is 0. The van der Waals surface area contributed by atoms with Crippen molar-refractivity contribution in [2.24, 2.45) is 5.73 Å². The van der Waals surface area contributed by atoms with Crippen molar-refractivity contribution in [1.82, 2.24) is 4.90 Å². The summed E-state index contributed by atoms with van der Waals surface area (Å²) in [5.41, 5.74) is 4.89. The van der Waals surface area contributed by atoms with E-state index >= 15 is 0 Å². The molecule has 0 aliphatic heterocycles. The number of rotatable bonds is 3. The van der Waals surface area contributed by atoms with Crippen molar-refractivity contribution in [3.05, 3.63) is 0 Å². The summed E-state index contributed by atoms with van der Waals surface area (Å²) in [5, 5.41) is 0. The summed E-state index contributed by atoms with van der Waals surface area (Å²) in [7, 11) is 1.85. The number of nitrogens with zero attached hydrogens (tertiary/aromatic N) is 1. The van der Waals surface area contributed by atoms with Crippen LogP contribution in [0.4, 0.5) is 0 Å². The minimum Gasteiger partial charge on any atom is -0.412 e. The van der Waals surface area contributed by atoms with E-state index in [1.165, 1.54) is 0 Å². The van der Waals surface area contributed by atoms with Crippen LogP contribution in [0.5, 0.6) is 0 Å². The van der Waals surface area contributed by atoms with E-state index in [0.29, 0.717) is 6.54 Å². The first-order valence-electron chi connectivity index (χ1n) is 2.63. The SMILES string of the molecule is CCN(C)CC(N)=O.Cl.O. The average Bonchev–Trinajstić information content (AvgIpc) is 1.65. The van der Waals surface area contributed by atoms with E-state index in [1.54, 1.807) is 0 Å². The fraction of sp³-hybridized carbons (Fsp3) is 0.800. The molecule has 10 heavy (non-hydrogen) atoms. The van der Waals surface area contributed by atoms with Crippen LogP contribution in [0.25, 0.3) is 0 Å². The summed E-state index contributed by atoms with van der Waals surface area (Å²) >= 11 is 0. The molecule has 0 spiro atoms. The third kappa shape index (κ3) is 10.6. The monoisotopic (exact) mass is 170 g/mol. The lowest BCUT2D eigenvalue weighted by Gasteiger charge is -2.08. The normalized spacial score (nSPS) is 7.90. The molecule has 0 saturated heterocycles. The number of halogens is 1. The Hall–Kier alpha value is -0.320. The van der Waals surface area contributed by atoms with Gasteiger partial charge >= 0.3 is 0 Å². The van der Waals surface area contributed by atoms with Crippen LogP contribution in [-0.2, 0) is 4.79 Å². The minimum absolute atomic E-state index is 0. The molecule has 0 saturated carbocycles. The van der Waals surface area contributed by atoms with Gasteiger partial charge in [0.25, 0.3) is 0 Å². The van der Waals surface area contributed by atoms with Crippen LogP contribution in [0.15, 0.2) is 0 Å². The Morgan fingerprint density at radius 3 is 2.10 bits per heavy atom. The number of carbonyl (C=O) groups is 1. The highest BCUT2D eigenvalue weighted by molar-refractivity contribution is 5.85. The molecule has 0 fully saturated rings. The van der Waals surface area contributed by atoms with Crippen molar-refractivity contribution >= 4 is 18.3 Å². The van der Waals surface area contributed by atoms with Crippen LogP contribution >= 0.6 is 12.4 Å². The molecule has 0 aromatic carbocycles. The summed E-state index contributed by atoms with van der Waals surface area (Å²) in [6.07, 6.45) is 0. The number of nitrogens with two attached hydrogens (primary N) is 1. The van der Waals surface area contributed by atoms with Crippen molar-refractivity contribution in [3.63, 3.8) is 0 Å². The molecule has 0 atom stereocenters. The summed E-state index contributed by atoms with van der Waals surface area (Å²) in [5.74, 6) is -0.269. The minimum atomic E-state index is -0.269. The van der Waals surface area contributed by atoms with Crippen LogP contribution in [-0.4, -0.2) is 36.4 Å². The molecule has 0 rings (SSSR count). The molecule has 0 aliphatic rings. The van der Waals surface area contributed by atoms with Gasteiger partial charge in [-0.2, -0.15) is 0 Å². The highest BCUT2D eigenvalue weighted by atomic mass is 35.5. The average molecular weight is 171 g/mol. The lowest BCUT2D eigenvalue weighted by molar-refractivity contribution is -0.118. The zero-order valence-electron chi connectivity index (χ0n) is 6.26. The van der Waals surface area contributed by atoms with Gasteiger partial charge in [-0.15, -0.1) is 12.4 Å². The third-order valence-corrected chi connectivity index (χ3v) is 0.966. The molecule has 0 unspecified atom stereocenters. The number of primary amides is 1. The van der Waals surface area contributed by atoms with E-state index in [4.69, 9.17) is 5.73 Å². The molecule has 4 N–H and O–H groups in total. The van der Waals surface area contributed by atoms with E-state index in [0.717, 1.165) is 6.54 Å². The topological polar surface area (TPSA) is 77.8 Å². The van der Waals surface area contributed by atoms with Crippen LogP contribution in [0.1, 0.15) is 6.92 Å². The highest BCUT2D eigenvalue weighted by Gasteiger charge is 1.96. The van der Waals surface area contributed by atoms with Gasteiger partial charge in [0.05, 0.1) is 6.54 Å². The van der Waals surface area contributed by atoms with Gasteiger partial charge in [-0.25, -0.2) is 0 Å². The first-order valence-corrected chi connectivity index (χ1v) is 2.63. The second-order valence-corrected chi connectivity index (χ2v) is 1.80. The van der Waals surface area contributed by atoms with E-state index in [1.807, 2.05) is 18.9 Å². The van der Waals surface area contributed by atoms with Gasteiger partial charge in [0.1, 0.15) is 0 Å². The largest absolute Gasteiger partial charge is 0.412 e. The molecule has 64 valence electrons. The molecule has 0 radical (unpaired) electrons. The Balaban J connectivity index is -0.000000245. The summed E-state index contributed by atoms with van der Waals surface area (Å²) in [4.78, 5) is 12.0. The number of hydrogen-bond acceptors (Lipinski definition) is 2. The second-order valence-electron chi connectivity index (χ2n) is 1.80. The van der Waals surface area contributed by atoms with E-state index in [9.17, 15) is 4.79 Å². The lowest BCUT2D eigenvalue weighted by Crippen LogP contribution is -2.30. The lowest BCUT2D eigenvalue weighted by atomic mass is 10.5. The van der Waals surface area contributed by atoms with Crippen molar-refractivity contribution in [3.8, 4) is 0 Å². The zero-order valence-corrected chi connectivity index (χ0v) is 7.07. The predicted molar refractivity (Wildman–Crippen MR) is 43.2 cm³/mol. The smallest absolute Gasteiger partial charge is 0.231 e. The van der Waals surface area contributed by atoms with Gasteiger partial charge in [0, 0.05) is 0 Å². The molecule has 5 heteroatoms. The number of carbonyl (C=O) groups excluding carboxylic acids is 1. The zero-order chi connectivity index (χ0) is 6.57. The van der Waals surface area contributed by atoms with E-state index in [2.05, 4.69) is 0 Å².